The van der Waals surface area contributed by atoms with Gasteiger partial charge in [-0.15, -0.1) is 0 Å². The highest BCUT2D eigenvalue weighted by Gasteiger charge is 2.40. The smallest absolute Gasteiger partial charge is 0.248 e. The van der Waals surface area contributed by atoms with E-state index >= 15 is 0 Å². The Labute approximate surface area is 105 Å². The molecule has 6 heteroatoms. The molecule has 1 aliphatic carbocycles. The minimum atomic E-state index is -2.61. The Balaban J connectivity index is 1.91. The zero-order valence-electron chi connectivity index (χ0n) is 10.5. The van der Waals surface area contributed by atoms with Gasteiger partial charge in [-0.1, -0.05) is 0 Å². The third-order valence-electron chi connectivity index (χ3n) is 4.06. The van der Waals surface area contributed by atoms with E-state index in [2.05, 4.69) is 5.32 Å². The van der Waals surface area contributed by atoms with Crippen LogP contribution in [0.3, 0.4) is 0 Å². The number of likely N-dealkylation sites (N-methyl/N-ethyl adjacent to an activating group) is 1. The Bertz CT molecular complexity index is 315. The monoisotopic (exact) mass is 262 g/mol. The molecule has 0 spiro atoms. The second-order valence-electron chi connectivity index (χ2n) is 5.37. The van der Waals surface area contributed by atoms with Gasteiger partial charge in [0.25, 0.3) is 0 Å². The fourth-order valence-electron chi connectivity index (χ4n) is 2.78. The molecular formula is C12H20F2N2O2. The van der Waals surface area contributed by atoms with Crippen molar-refractivity contribution in [2.75, 3.05) is 20.1 Å². The molecule has 2 N–H and O–H groups in total. The summed E-state index contributed by atoms with van der Waals surface area (Å²) in [7, 11) is 1.65. The van der Waals surface area contributed by atoms with Gasteiger partial charge >= 0.3 is 0 Å². The lowest BCUT2D eigenvalue weighted by Crippen LogP contribution is -2.47. The van der Waals surface area contributed by atoms with Crippen LogP contribution in [0.5, 0.6) is 0 Å². The lowest BCUT2D eigenvalue weighted by atomic mass is 9.85. The highest BCUT2D eigenvalue weighted by atomic mass is 19.3. The van der Waals surface area contributed by atoms with Gasteiger partial charge in [0, 0.05) is 38.9 Å². The molecule has 18 heavy (non-hydrogen) atoms. The average Bonchev–Trinajstić information content (AvgIpc) is 2.73. The summed E-state index contributed by atoms with van der Waals surface area (Å²) in [6, 6.07) is -0.236. The van der Waals surface area contributed by atoms with Crippen LogP contribution >= 0.6 is 0 Å². The summed E-state index contributed by atoms with van der Waals surface area (Å²) in [4.78, 5) is 13.7. The maximum absolute atomic E-state index is 13.0. The van der Waals surface area contributed by atoms with Crippen molar-refractivity contribution >= 4 is 5.91 Å². The molecule has 0 aromatic heterocycles. The van der Waals surface area contributed by atoms with Crippen LogP contribution in [0.2, 0.25) is 0 Å². The first-order valence-electron chi connectivity index (χ1n) is 6.44. The number of halogens is 2. The van der Waals surface area contributed by atoms with Crippen molar-refractivity contribution in [3.63, 3.8) is 0 Å². The number of rotatable bonds is 2. The fourth-order valence-corrected chi connectivity index (χ4v) is 2.78. The van der Waals surface area contributed by atoms with Crippen LogP contribution in [0, 0.1) is 5.92 Å². The van der Waals surface area contributed by atoms with Crippen molar-refractivity contribution in [2.45, 2.75) is 43.8 Å². The first-order valence-corrected chi connectivity index (χ1v) is 6.44. The molecule has 2 atom stereocenters. The highest BCUT2D eigenvalue weighted by molar-refractivity contribution is 5.79. The maximum atomic E-state index is 13.0. The number of hydrogen-bond donors (Lipinski definition) is 2. The normalized spacial score (nSPS) is 32.4. The van der Waals surface area contributed by atoms with E-state index in [4.69, 9.17) is 0 Å². The van der Waals surface area contributed by atoms with Gasteiger partial charge in [0.1, 0.15) is 0 Å². The first-order chi connectivity index (χ1) is 8.41. The molecule has 0 radical (unpaired) electrons. The number of β-amino-alcohol motifs (C(OH)–C–C–N with tert-alkyl or cyclic N) is 1. The molecule has 1 aliphatic heterocycles. The van der Waals surface area contributed by atoms with Crippen LogP contribution < -0.4 is 5.32 Å². The fraction of sp³-hybridized carbons (Fsp3) is 0.917. The summed E-state index contributed by atoms with van der Waals surface area (Å²) < 4.78 is 26.1. The number of nitrogens with zero attached hydrogens (tertiary/aromatic N) is 1. The number of nitrogens with one attached hydrogen (secondary N) is 1. The van der Waals surface area contributed by atoms with E-state index < -0.39 is 12.0 Å². The number of amides is 1. The van der Waals surface area contributed by atoms with Gasteiger partial charge in [0.2, 0.25) is 11.8 Å². The molecule has 0 bridgehead atoms. The molecule has 1 heterocycles. The molecule has 0 unspecified atom stereocenters. The molecule has 0 aromatic rings. The summed E-state index contributed by atoms with van der Waals surface area (Å²) >= 11 is 0. The number of alkyl halides is 2. The van der Waals surface area contributed by atoms with Crippen LogP contribution in [0.15, 0.2) is 0 Å². The molecule has 1 saturated carbocycles. The summed E-state index contributed by atoms with van der Waals surface area (Å²) in [6.45, 7) is 1.04. The van der Waals surface area contributed by atoms with Crippen LogP contribution in [0.25, 0.3) is 0 Å². The average molecular weight is 262 g/mol. The second kappa shape index (κ2) is 5.09. The standard InChI is InChI=1S/C12H20F2N2O2/c1-16(9-6-15-7-10(9)17)11(18)8-2-4-12(13,14)5-3-8/h8-10,15,17H,2-7H2,1H3/t9-,10-/m1/s1. The van der Waals surface area contributed by atoms with Crippen molar-refractivity contribution in [1.82, 2.24) is 10.2 Å². The lowest BCUT2D eigenvalue weighted by Gasteiger charge is -2.33. The second-order valence-corrected chi connectivity index (χ2v) is 5.37. The lowest BCUT2D eigenvalue weighted by molar-refractivity contribution is -0.141. The summed E-state index contributed by atoms with van der Waals surface area (Å²) in [6.07, 6.45) is -0.492. The SMILES string of the molecule is CN(C(=O)C1CCC(F)(F)CC1)[C@@H]1CNC[C@H]1O. The predicted molar refractivity (Wildman–Crippen MR) is 62.3 cm³/mol. The van der Waals surface area contributed by atoms with E-state index in [0.717, 1.165) is 0 Å². The van der Waals surface area contributed by atoms with Gasteiger partial charge in [-0.05, 0) is 12.8 Å². The number of carbonyl (C=O) groups excluding carboxylic acids is 1. The number of aliphatic hydroxyl groups excluding tert-OH is 1. The van der Waals surface area contributed by atoms with Crippen LogP contribution in [-0.4, -0.2) is 54.1 Å². The van der Waals surface area contributed by atoms with Gasteiger partial charge in [-0.2, -0.15) is 0 Å². The summed E-state index contributed by atoms with van der Waals surface area (Å²) in [5.74, 6) is -3.04. The van der Waals surface area contributed by atoms with Gasteiger partial charge < -0.3 is 15.3 Å². The van der Waals surface area contributed by atoms with Crippen molar-refractivity contribution in [3.05, 3.63) is 0 Å². The van der Waals surface area contributed by atoms with Crippen LogP contribution in [0.4, 0.5) is 8.78 Å². The Hall–Kier alpha value is -0.750. The van der Waals surface area contributed by atoms with E-state index in [9.17, 15) is 18.7 Å². The van der Waals surface area contributed by atoms with Gasteiger partial charge in [-0.25, -0.2) is 8.78 Å². The van der Waals surface area contributed by atoms with Gasteiger partial charge in [-0.3, -0.25) is 4.79 Å². The minimum absolute atomic E-state index is 0.113. The van der Waals surface area contributed by atoms with Crippen molar-refractivity contribution in [2.24, 2.45) is 5.92 Å². The van der Waals surface area contributed by atoms with Gasteiger partial charge in [0.05, 0.1) is 12.1 Å². The Morgan fingerprint density at radius 3 is 2.44 bits per heavy atom. The third-order valence-corrected chi connectivity index (χ3v) is 4.06. The number of aliphatic hydroxyl groups is 1. The van der Waals surface area contributed by atoms with Crippen molar-refractivity contribution in [3.8, 4) is 0 Å². The Kier molecular flexibility index (Phi) is 3.87. The molecule has 4 nitrogen and oxygen atoms in total. The molecule has 2 aliphatic rings. The summed E-state index contributed by atoms with van der Waals surface area (Å²) in [5, 5.41) is 12.7. The first kappa shape index (κ1) is 13.7. The van der Waals surface area contributed by atoms with Crippen LogP contribution in [0.1, 0.15) is 25.7 Å². The molecule has 1 amide bonds. The number of hydrogen-bond acceptors (Lipinski definition) is 3. The van der Waals surface area contributed by atoms with E-state index in [1.807, 2.05) is 0 Å². The van der Waals surface area contributed by atoms with E-state index in [0.29, 0.717) is 13.1 Å². The Morgan fingerprint density at radius 2 is 1.94 bits per heavy atom. The van der Waals surface area contributed by atoms with Gasteiger partial charge in [0.15, 0.2) is 0 Å². The zero-order chi connectivity index (χ0) is 13.3. The van der Waals surface area contributed by atoms with Crippen LogP contribution in [-0.2, 0) is 4.79 Å². The van der Waals surface area contributed by atoms with E-state index in [1.165, 1.54) is 4.90 Å². The maximum Gasteiger partial charge on any atom is 0.248 e. The minimum Gasteiger partial charge on any atom is -0.390 e. The van der Waals surface area contributed by atoms with Crippen molar-refractivity contribution in [1.29, 1.82) is 0 Å². The largest absolute Gasteiger partial charge is 0.390 e. The summed E-state index contributed by atoms with van der Waals surface area (Å²) in [5.41, 5.74) is 0. The topological polar surface area (TPSA) is 52.6 Å². The number of carbonyl (C=O) groups is 1. The highest BCUT2D eigenvalue weighted by Crippen LogP contribution is 2.37. The molecule has 104 valence electrons. The van der Waals surface area contributed by atoms with E-state index in [-0.39, 0.29) is 43.6 Å². The van der Waals surface area contributed by atoms with Crippen molar-refractivity contribution < 1.29 is 18.7 Å². The molecule has 0 aromatic carbocycles. The zero-order valence-corrected chi connectivity index (χ0v) is 10.5. The molecule has 2 rings (SSSR count). The predicted octanol–water partition coefficient (Wildman–Crippen LogP) is 0.603. The third kappa shape index (κ3) is 2.80. The van der Waals surface area contributed by atoms with E-state index in [1.54, 1.807) is 7.05 Å². The molecule has 2 fully saturated rings. The molecule has 1 saturated heterocycles. The quantitative estimate of drug-likeness (QED) is 0.766. The Morgan fingerprint density at radius 1 is 1.33 bits per heavy atom. The molecular weight excluding hydrogens is 242 g/mol.